The third kappa shape index (κ3) is 8.02. The maximum Gasteiger partial charge on any atom is 0.305 e. The first-order chi connectivity index (χ1) is 5.81. The Labute approximate surface area is 80.3 Å². The molecule has 1 unspecified atom stereocenters. The van der Waals surface area contributed by atoms with E-state index >= 15 is 0 Å². The summed E-state index contributed by atoms with van der Waals surface area (Å²) in [6, 6.07) is 0. The maximum atomic E-state index is 10.7. The van der Waals surface area contributed by atoms with Crippen molar-refractivity contribution in [3.63, 3.8) is 0 Å². The summed E-state index contributed by atoms with van der Waals surface area (Å²) in [6.45, 7) is 0.381. The molecule has 0 aliphatic heterocycles. The molecule has 0 radical (unpaired) electrons. The van der Waals surface area contributed by atoms with Gasteiger partial charge in [0.1, 0.15) is 6.61 Å². The first-order valence-electron chi connectivity index (χ1n) is 3.49. The molecular weight excluding hydrogens is 200 g/mol. The van der Waals surface area contributed by atoms with Gasteiger partial charge in [-0.05, 0) is 12.8 Å². The third-order valence-corrected chi connectivity index (χ3v) is 1.88. The standard InChI is InChI=1S/C7H11ClO3S/c1-2-6-10-12(9)11-7-4-3-5-8/h1H,3-7H2. The van der Waals surface area contributed by atoms with Gasteiger partial charge in [-0.15, -0.1) is 18.0 Å². The average Bonchev–Trinajstić information content (AvgIpc) is 2.09. The molecule has 0 saturated carbocycles. The van der Waals surface area contributed by atoms with Gasteiger partial charge in [-0.25, -0.2) is 0 Å². The van der Waals surface area contributed by atoms with Gasteiger partial charge >= 0.3 is 11.4 Å². The van der Waals surface area contributed by atoms with Crippen molar-refractivity contribution in [1.29, 1.82) is 0 Å². The van der Waals surface area contributed by atoms with Crippen LogP contribution in [-0.2, 0) is 19.7 Å². The molecule has 0 aromatic heterocycles. The van der Waals surface area contributed by atoms with Gasteiger partial charge in [-0.2, -0.15) is 4.21 Å². The van der Waals surface area contributed by atoms with Crippen LogP contribution in [0.4, 0.5) is 0 Å². The van der Waals surface area contributed by atoms with Gasteiger partial charge < -0.3 is 0 Å². The molecule has 0 aliphatic rings. The lowest BCUT2D eigenvalue weighted by Crippen LogP contribution is -2.03. The van der Waals surface area contributed by atoms with E-state index in [9.17, 15) is 4.21 Å². The molecule has 0 aromatic rings. The Bertz CT molecular complexity index is 167. The fourth-order valence-electron chi connectivity index (χ4n) is 0.440. The summed E-state index contributed by atoms with van der Waals surface area (Å²) in [4.78, 5) is 0. The lowest BCUT2D eigenvalue weighted by atomic mass is 10.4. The molecule has 0 bridgehead atoms. The minimum Gasteiger partial charge on any atom is -0.268 e. The summed E-state index contributed by atoms with van der Waals surface area (Å²) in [5.41, 5.74) is 0. The summed E-state index contributed by atoms with van der Waals surface area (Å²) in [7, 11) is 0. The number of unbranched alkanes of at least 4 members (excludes halogenated alkanes) is 1. The van der Waals surface area contributed by atoms with E-state index in [-0.39, 0.29) is 6.61 Å². The van der Waals surface area contributed by atoms with Crippen molar-refractivity contribution in [3.8, 4) is 12.3 Å². The van der Waals surface area contributed by atoms with Gasteiger partial charge in [0, 0.05) is 5.88 Å². The third-order valence-electron chi connectivity index (χ3n) is 0.946. The Balaban J connectivity index is 3.15. The van der Waals surface area contributed by atoms with Gasteiger partial charge in [0.15, 0.2) is 0 Å². The molecule has 0 aliphatic carbocycles. The zero-order chi connectivity index (χ0) is 9.23. The molecule has 0 saturated heterocycles. The van der Waals surface area contributed by atoms with Crippen LogP contribution in [0.15, 0.2) is 0 Å². The first kappa shape index (κ1) is 11.9. The van der Waals surface area contributed by atoms with Crippen LogP contribution in [0, 0.1) is 12.3 Å². The van der Waals surface area contributed by atoms with E-state index in [1.807, 2.05) is 0 Å². The highest BCUT2D eigenvalue weighted by molar-refractivity contribution is 7.75. The van der Waals surface area contributed by atoms with Crippen molar-refractivity contribution < 1.29 is 12.6 Å². The molecule has 12 heavy (non-hydrogen) atoms. The Hall–Kier alpha value is -0.0800. The normalized spacial score (nSPS) is 12.3. The zero-order valence-electron chi connectivity index (χ0n) is 6.62. The molecule has 0 fully saturated rings. The second-order valence-corrected chi connectivity index (χ2v) is 3.15. The van der Waals surface area contributed by atoms with Gasteiger partial charge in [-0.1, -0.05) is 5.92 Å². The largest absolute Gasteiger partial charge is 0.305 e. The molecule has 0 spiro atoms. The van der Waals surface area contributed by atoms with Crippen LogP contribution >= 0.6 is 11.6 Å². The summed E-state index contributed by atoms with van der Waals surface area (Å²) < 4.78 is 20.0. The fourth-order valence-corrected chi connectivity index (χ4v) is 1.11. The molecule has 0 rings (SSSR count). The van der Waals surface area contributed by atoms with Crippen molar-refractivity contribution >= 4 is 23.0 Å². The highest BCUT2D eigenvalue weighted by Gasteiger charge is 1.98. The van der Waals surface area contributed by atoms with E-state index < -0.39 is 11.4 Å². The number of alkyl halides is 1. The lowest BCUT2D eigenvalue weighted by Gasteiger charge is -1.99. The summed E-state index contributed by atoms with van der Waals surface area (Å²) >= 11 is 3.70. The molecule has 1 atom stereocenters. The molecule has 70 valence electrons. The predicted octanol–water partition coefficient (Wildman–Crippen LogP) is 1.25. The van der Waals surface area contributed by atoms with Crippen molar-refractivity contribution in [2.24, 2.45) is 0 Å². The van der Waals surface area contributed by atoms with Crippen LogP contribution in [0.3, 0.4) is 0 Å². The molecule has 5 heteroatoms. The van der Waals surface area contributed by atoms with Gasteiger partial charge in [0.2, 0.25) is 0 Å². The van der Waals surface area contributed by atoms with E-state index in [4.69, 9.17) is 22.2 Å². The fraction of sp³-hybridized carbons (Fsp3) is 0.714. The summed E-state index contributed by atoms with van der Waals surface area (Å²) in [6.07, 6.45) is 6.48. The summed E-state index contributed by atoms with van der Waals surface area (Å²) in [5.74, 6) is 2.77. The Morgan fingerprint density at radius 1 is 1.42 bits per heavy atom. The van der Waals surface area contributed by atoms with Crippen LogP contribution in [-0.4, -0.2) is 23.3 Å². The number of halogens is 1. The van der Waals surface area contributed by atoms with Crippen molar-refractivity contribution in [2.45, 2.75) is 12.8 Å². The topological polar surface area (TPSA) is 35.5 Å². The summed E-state index contributed by atoms with van der Waals surface area (Å²) in [5, 5.41) is 0. The van der Waals surface area contributed by atoms with Crippen molar-refractivity contribution in [3.05, 3.63) is 0 Å². The van der Waals surface area contributed by atoms with Crippen molar-refractivity contribution in [2.75, 3.05) is 19.1 Å². The number of hydrogen-bond acceptors (Lipinski definition) is 3. The molecule has 3 nitrogen and oxygen atoms in total. The maximum absolute atomic E-state index is 10.7. The lowest BCUT2D eigenvalue weighted by molar-refractivity contribution is 0.265. The van der Waals surface area contributed by atoms with E-state index in [2.05, 4.69) is 10.1 Å². The van der Waals surface area contributed by atoms with E-state index in [1.165, 1.54) is 0 Å². The molecule has 0 heterocycles. The molecule has 0 aromatic carbocycles. The van der Waals surface area contributed by atoms with Crippen LogP contribution < -0.4 is 0 Å². The average molecular weight is 211 g/mol. The number of terminal acetylenes is 1. The first-order valence-corrected chi connectivity index (χ1v) is 5.02. The Morgan fingerprint density at radius 3 is 2.75 bits per heavy atom. The molecule has 0 amide bonds. The Morgan fingerprint density at radius 2 is 2.17 bits per heavy atom. The van der Waals surface area contributed by atoms with E-state index in [1.54, 1.807) is 0 Å². The van der Waals surface area contributed by atoms with Crippen LogP contribution in [0.1, 0.15) is 12.8 Å². The van der Waals surface area contributed by atoms with E-state index in [0.29, 0.717) is 12.5 Å². The second-order valence-electron chi connectivity index (χ2n) is 1.89. The SMILES string of the molecule is C#CCOS(=O)OCCCCCl. The minimum atomic E-state index is -1.71. The van der Waals surface area contributed by atoms with Crippen LogP contribution in [0.2, 0.25) is 0 Å². The number of hydrogen-bond donors (Lipinski definition) is 0. The van der Waals surface area contributed by atoms with Crippen LogP contribution in [0.25, 0.3) is 0 Å². The van der Waals surface area contributed by atoms with Crippen LogP contribution in [0.5, 0.6) is 0 Å². The molecular formula is C7H11ClO3S. The monoisotopic (exact) mass is 210 g/mol. The Kier molecular flexibility index (Phi) is 8.95. The second kappa shape index (κ2) is 9.01. The van der Waals surface area contributed by atoms with E-state index in [0.717, 1.165) is 12.8 Å². The number of rotatable bonds is 7. The van der Waals surface area contributed by atoms with Gasteiger partial charge in [0.25, 0.3) is 0 Å². The zero-order valence-corrected chi connectivity index (χ0v) is 8.20. The van der Waals surface area contributed by atoms with Gasteiger partial charge in [-0.3, -0.25) is 8.37 Å². The quantitative estimate of drug-likeness (QED) is 0.361. The minimum absolute atomic E-state index is 0.00210. The smallest absolute Gasteiger partial charge is 0.268 e. The molecule has 0 N–H and O–H groups in total. The van der Waals surface area contributed by atoms with Crippen molar-refractivity contribution in [1.82, 2.24) is 0 Å². The highest BCUT2D eigenvalue weighted by Crippen LogP contribution is 1.95. The predicted molar refractivity (Wildman–Crippen MR) is 48.8 cm³/mol. The van der Waals surface area contributed by atoms with Gasteiger partial charge in [0.05, 0.1) is 6.61 Å². The highest BCUT2D eigenvalue weighted by atomic mass is 35.5.